The molecule has 0 bridgehead atoms. The molecule has 21 heavy (non-hydrogen) atoms. The molecular formula is C13H18F3N3OS. The van der Waals surface area contributed by atoms with Crippen LogP contribution in [0.2, 0.25) is 0 Å². The predicted octanol–water partition coefficient (Wildman–Crippen LogP) is 2.65. The second-order valence-electron chi connectivity index (χ2n) is 5.25. The van der Waals surface area contributed by atoms with E-state index in [1.54, 1.807) is 16.7 Å². The summed E-state index contributed by atoms with van der Waals surface area (Å²) in [5, 5.41) is 3.39. The van der Waals surface area contributed by atoms with Crippen LogP contribution in [0.3, 0.4) is 0 Å². The molecule has 1 fully saturated rings. The Hall–Kier alpha value is -1.18. The second-order valence-corrected chi connectivity index (χ2v) is 6.16. The number of carbonyl (C=O) groups is 1. The van der Waals surface area contributed by atoms with Gasteiger partial charge in [-0.3, -0.25) is 9.48 Å². The predicted molar refractivity (Wildman–Crippen MR) is 75.2 cm³/mol. The number of rotatable bonds is 3. The minimum Gasteiger partial charge on any atom is -0.337 e. The summed E-state index contributed by atoms with van der Waals surface area (Å²) in [4.78, 5) is 14.0. The average molecular weight is 321 g/mol. The van der Waals surface area contributed by atoms with Crippen LogP contribution in [0, 0.1) is 5.92 Å². The lowest BCUT2D eigenvalue weighted by Crippen LogP contribution is -2.41. The van der Waals surface area contributed by atoms with Gasteiger partial charge >= 0.3 is 6.18 Å². The van der Waals surface area contributed by atoms with Crippen molar-refractivity contribution in [1.82, 2.24) is 14.7 Å². The number of aromatic nitrogens is 2. The van der Waals surface area contributed by atoms with E-state index in [2.05, 4.69) is 5.10 Å². The van der Waals surface area contributed by atoms with Crippen LogP contribution in [0.4, 0.5) is 13.2 Å². The first kappa shape index (κ1) is 16.2. The van der Waals surface area contributed by atoms with Gasteiger partial charge in [-0.25, -0.2) is 0 Å². The van der Waals surface area contributed by atoms with E-state index in [9.17, 15) is 18.0 Å². The Balaban J connectivity index is 2.14. The van der Waals surface area contributed by atoms with Gasteiger partial charge in [-0.1, -0.05) is 0 Å². The summed E-state index contributed by atoms with van der Waals surface area (Å²) < 4.78 is 39.0. The summed E-state index contributed by atoms with van der Waals surface area (Å²) in [6.07, 6.45) is -0.568. The standard InChI is InChI=1S/C13H18F3N3OS/c1-18-10(6-11(17-18)13(14,15)16)12(20)19-5-3-4-9(7-19)8-21-2/h6,9H,3-5,7-8H2,1-2H3/t9-/m1/s1. The van der Waals surface area contributed by atoms with E-state index in [-0.39, 0.29) is 11.6 Å². The van der Waals surface area contributed by atoms with Crippen LogP contribution in [0.1, 0.15) is 29.0 Å². The van der Waals surface area contributed by atoms with Crippen LogP contribution in [0.5, 0.6) is 0 Å². The van der Waals surface area contributed by atoms with Crippen LogP contribution in [-0.4, -0.2) is 45.7 Å². The van der Waals surface area contributed by atoms with Crippen molar-refractivity contribution in [3.63, 3.8) is 0 Å². The summed E-state index contributed by atoms with van der Waals surface area (Å²) in [6, 6.07) is 0.834. The molecule has 1 saturated heterocycles. The first-order valence-electron chi connectivity index (χ1n) is 6.72. The van der Waals surface area contributed by atoms with Crippen LogP contribution >= 0.6 is 11.8 Å². The van der Waals surface area contributed by atoms with Crippen molar-refractivity contribution in [1.29, 1.82) is 0 Å². The molecule has 1 aromatic rings. The van der Waals surface area contributed by atoms with Crippen LogP contribution in [0.15, 0.2) is 6.07 Å². The Morgan fingerprint density at radius 1 is 1.52 bits per heavy atom. The summed E-state index contributed by atoms with van der Waals surface area (Å²) in [7, 11) is 1.37. The van der Waals surface area contributed by atoms with Crippen LogP contribution in [0.25, 0.3) is 0 Å². The number of piperidine rings is 1. The Morgan fingerprint density at radius 2 is 2.24 bits per heavy atom. The molecule has 1 aliphatic rings. The number of halogens is 3. The summed E-state index contributed by atoms with van der Waals surface area (Å²) >= 11 is 1.72. The summed E-state index contributed by atoms with van der Waals surface area (Å²) in [5.74, 6) is 1.00. The number of thioether (sulfide) groups is 1. The zero-order valence-corrected chi connectivity index (χ0v) is 12.8. The lowest BCUT2D eigenvalue weighted by atomic mass is 10.00. The van der Waals surface area contributed by atoms with Gasteiger partial charge in [0.1, 0.15) is 5.69 Å². The third-order valence-electron chi connectivity index (χ3n) is 3.60. The Bertz CT molecular complexity index is 513. The maximum atomic E-state index is 12.6. The Kier molecular flexibility index (Phi) is 4.85. The molecule has 0 unspecified atom stereocenters. The molecule has 1 amide bonds. The van der Waals surface area contributed by atoms with Gasteiger partial charge in [0.15, 0.2) is 5.69 Å². The van der Waals surface area contributed by atoms with Gasteiger partial charge < -0.3 is 4.90 Å². The average Bonchev–Trinajstić information content (AvgIpc) is 2.81. The molecule has 1 aromatic heterocycles. The fourth-order valence-corrected chi connectivity index (χ4v) is 3.33. The minimum absolute atomic E-state index is 0.00729. The molecular weight excluding hydrogens is 303 g/mol. The maximum Gasteiger partial charge on any atom is 0.435 e. The monoisotopic (exact) mass is 321 g/mol. The highest BCUT2D eigenvalue weighted by Crippen LogP contribution is 2.29. The number of alkyl halides is 3. The van der Waals surface area contributed by atoms with Gasteiger partial charge in [0.25, 0.3) is 5.91 Å². The van der Waals surface area contributed by atoms with Gasteiger partial charge in [0.05, 0.1) is 0 Å². The fourth-order valence-electron chi connectivity index (χ4n) is 2.59. The van der Waals surface area contributed by atoms with Crippen molar-refractivity contribution in [3.8, 4) is 0 Å². The van der Waals surface area contributed by atoms with Gasteiger partial charge in [0, 0.05) is 26.2 Å². The van der Waals surface area contributed by atoms with E-state index in [1.165, 1.54) is 7.05 Å². The number of aryl methyl sites for hydroxylation is 1. The molecule has 0 aliphatic carbocycles. The first-order valence-corrected chi connectivity index (χ1v) is 8.11. The highest BCUT2D eigenvalue weighted by molar-refractivity contribution is 7.98. The topological polar surface area (TPSA) is 38.1 Å². The quantitative estimate of drug-likeness (QED) is 0.859. The maximum absolute atomic E-state index is 12.6. The second kappa shape index (κ2) is 6.29. The van der Waals surface area contributed by atoms with E-state index in [4.69, 9.17) is 0 Å². The van der Waals surface area contributed by atoms with Gasteiger partial charge in [-0.15, -0.1) is 0 Å². The lowest BCUT2D eigenvalue weighted by molar-refractivity contribution is -0.141. The third kappa shape index (κ3) is 3.72. The van der Waals surface area contributed by atoms with Crippen molar-refractivity contribution in [2.45, 2.75) is 19.0 Å². The zero-order valence-electron chi connectivity index (χ0n) is 12.0. The third-order valence-corrected chi connectivity index (χ3v) is 4.40. The molecule has 0 radical (unpaired) electrons. The molecule has 8 heteroatoms. The molecule has 0 saturated carbocycles. The number of hydrogen-bond donors (Lipinski definition) is 0. The molecule has 1 atom stereocenters. The normalized spacial score (nSPS) is 19.9. The van der Waals surface area contributed by atoms with E-state index in [1.807, 2.05) is 6.26 Å². The molecule has 0 aromatic carbocycles. The minimum atomic E-state index is -4.53. The number of likely N-dealkylation sites (tertiary alicyclic amines) is 1. The van der Waals surface area contributed by atoms with E-state index >= 15 is 0 Å². The highest BCUT2D eigenvalue weighted by atomic mass is 32.2. The van der Waals surface area contributed by atoms with Crippen molar-refractivity contribution < 1.29 is 18.0 Å². The summed E-state index contributed by atoms with van der Waals surface area (Å²) in [6.45, 7) is 1.20. The Morgan fingerprint density at radius 3 is 2.81 bits per heavy atom. The van der Waals surface area contributed by atoms with E-state index in [0.717, 1.165) is 29.3 Å². The van der Waals surface area contributed by atoms with Crippen molar-refractivity contribution in [2.75, 3.05) is 25.1 Å². The van der Waals surface area contributed by atoms with Gasteiger partial charge in [-0.05, 0) is 30.8 Å². The SMILES string of the molecule is CSC[C@@H]1CCCN(C(=O)c2cc(C(F)(F)F)nn2C)C1. The first-order chi connectivity index (χ1) is 9.82. The van der Waals surface area contributed by atoms with Gasteiger partial charge in [0.2, 0.25) is 0 Å². The molecule has 2 heterocycles. The van der Waals surface area contributed by atoms with Crippen LogP contribution in [-0.2, 0) is 13.2 Å². The van der Waals surface area contributed by atoms with Gasteiger partial charge in [-0.2, -0.15) is 30.0 Å². The van der Waals surface area contributed by atoms with E-state index in [0.29, 0.717) is 19.0 Å². The molecule has 118 valence electrons. The number of nitrogens with zero attached hydrogens (tertiary/aromatic N) is 3. The fraction of sp³-hybridized carbons (Fsp3) is 0.692. The highest BCUT2D eigenvalue weighted by Gasteiger charge is 2.36. The molecule has 0 spiro atoms. The van der Waals surface area contributed by atoms with Crippen molar-refractivity contribution >= 4 is 17.7 Å². The molecule has 2 rings (SSSR count). The molecule has 4 nitrogen and oxygen atoms in total. The Labute approximate surface area is 125 Å². The number of hydrogen-bond acceptors (Lipinski definition) is 3. The largest absolute Gasteiger partial charge is 0.435 e. The van der Waals surface area contributed by atoms with Crippen molar-refractivity contribution in [3.05, 3.63) is 17.5 Å². The van der Waals surface area contributed by atoms with Crippen molar-refractivity contribution in [2.24, 2.45) is 13.0 Å². The lowest BCUT2D eigenvalue weighted by Gasteiger charge is -2.32. The van der Waals surface area contributed by atoms with Crippen LogP contribution < -0.4 is 0 Å². The zero-order chi connectivity index (χ0) is 15.6. The number of carbonyl (C=O) groups excluding carboxylic acids is 1. The summed E-state index contributed by atoms with van der Waals surface area (Å²) in [5.41, 5.74) is -1.03. The van der Waals surface area contributed by atoms with E-state index < -0.39 is 11.9 Å². The molecule has 0 N–H and O–H groups in total. The number of amides is 1. The molecule has 1 aliphatic heterocycles. The smallest absolute Gasteiger partial charge is 0.337 e.